The van der Waals surface area contributed by atoms with E-state index in [0.29, 0.717) is 5.76 Å². The number of hydrogen-bond acceptors (Lipinski definition) is 5. The van der Waals surface area contributed by atoms with Crippen molar-refractivity contribution in [1.29, 1.82) is 0 Å². The molecule has 0 aliphatic carbocycles. The lowest BCUT2D eigenvalue weighted by molar-refractivity contribution is -0.133. The Hall–Kier alpha value is -1.63. The normalized spacial score (nSPS) is 13.1. The molecule has 1 heterocycles. The molecule has 0 atom stereocenters. The van der Waals surface area contributed by atoms with Gasteiger partial charge in [0.25, 0.3) is 5.76 Å². The molecular weight excluding hydrogens is 372 g/mol. The van der Waals surface area contributed by atoms with Crippen LogP contribution < -0.4 is 0 Å². The number of hydrogen-bond donors (Lipinski definition) is 4. The highest BCUT2D eigenvalue weighted by Gasteiger charge is 2.29. The fourth-order valence-electron chi connectivity index (χ4n) is 2.65. The molecule has 0 saturated heterocycles. The van der Waals surface area contributed by atoms with E-state index < -0.39 is 12.1 Å². The minimum absolute atomic E-state index is 0.0695. The van der Waals surface area contributed by atoms with Gasteiger partial charge < -0.3 is 25.2 Å². The Labute approximate surface area is 175 Å². The van der Waals surface area contributed by atoms with Gasteiger partial charge in [0.1, 0.15) is 6.10 Å². The minimum Gasteiger partial charge on any atom is -0.475 e. The zero-order chi connectivity index (χ0) is 21.7. The Morgan fingerprint density at radius 3 is 1.83 bits per heavy atom. The number of aliphatic hydroxyl groups is 3. The maximum atomic E-state index is 10.5. The standard InChI is InChI=1S/C20H32O3.C3H8O3/c1-2-3-4-5-6-7-8-9-10-11-12-13-14-15-16-17-18-19(23-18)20(21)22;4-1-3(6)2-5/h14-17H,2-13H2,1H3,(H,21,22);3-6H,1-2H2. The molecule has 0 aromatic rings. The second-order valence-corrected chi connectivity index (χ2v) is 7.23. The van der Waals surface area contributed by atoms with Crippen LogP contribution in [0.4, 0.5) is 0 Å². The first kappa shape index (κ1) is 27.4. The van der Waals surface area contributed by atoms with Crippen molar-refractivity contribution in [2.75, 3.05) is 13.2 Å². The van der Waals surface area contributed by atoms with Crippen molar-refractivity contribution in [3.8, 4) is 0 Å². The summed E-state index contributed by atoms with van der Waals surface area (Å²) in [5, 5.41) is 32.6. The van der Waals surface area contributed by atoms with E-state index in [1.165, 1.54) is 70.6 Å². The number of carbonyl (C=O) groups is 1. The summed E-state index contributed by atoms with van der Waals surface area (Å²) < 4.78 is 4.81. The molecular formula is C23H40O6. The van der Waals surface area contributed by atoms with Crippen LogP contribution >= 0.6 is 0 Å². The average Bonchev–Trinajstić information content (AvgIpc) is 3.50. The Balaban J connectivity index is 0.00000113. The van der Waals surface area contributed by atoms with Gasteiger partial charge in [-0.05, 0) is 18.9 Å². The van der Waals surface area contributed by atoms with E-state index in [1.807, 2.05) is 12.2 Å². The van der Waals surface area contributed by atoms with Gasteiger partial charge in [-0.2, -0.15) is 0 Å². The molecule has 0 spiro atoms. The van der Waals surface area contributed by atoms with Crippen LogP contribution in [-0.4, -0.2) is 45.7 Å². The van der Waals surface area contributed by atoms with Gasteiger partial charge in [-0.1, -0.05) is 89.4 Å². The SMILES string of the molecule is CCCCCCCCCCCCCC=CC=CC1=C(C(=O)O)O1.OCC(O)CO. The molecule has 6 nitrogen and oxygen atoms in total. The van der Waals surface area contributed by atoms with Crippen molar-refractivity contribution in [2.45, 2.75) is 90.1 Å². The minimum atomic E-state index is -0.991. The Bertz CT molecular complexity index is 492. The summed E-state index contributed by atoms with van der Waals surface area (Å²) in [5.41, 5.74) is 0. The van der Waals surface area contributed by atoms with Gasteiger partial charge in [0.15, 0.2) is 5.76 Å². The number of allylic oxidation sites excluding steroid dienone is 4. The summed E-state index contributed by atoms with van der Waals surface area (Å²) in [6.45, 7) is 1.53. The van der Waals surface area contributed by atoms with Crippen LogP contribution in [0, 0.1) is 0 Å². The Kier molecular flexibility index (Phi) is 18.6. The van der Waals surface area contributed by atoms with Gasteiger partial charge in [0.2, 0.25) is 0 Å². The van der Waals surface area contributed by atoms with E-state index in [1.54, 1.807) is 6.08 Å². The molecule has 29 heavy (non-hydrogen) atoms. The highest BCUT2D eigenvalue weighted by atomic mass is 16.6. The summed E-state index contributed by atoms with van der Waals surface area (Å²) in [5.74, 6) is -0.452. The van der Waals surface area contributed by atoms with E-state index in [-0.39, 0.29) is 19.0 Å². The Morgan fingerprint density at radius 2 is 1.41 bits per heavy atom. The first-order chi connectivity index (χ1) is 14.1. The van der Waals surface area contributed by atoms with Crippen molar-refractivity contribution in [3.05, 3.63) is 35.8 Å². The van der Waals surface area contributed by atoms with Gasteiger partial charge >= 0.3 is 5.97 Å². The van der Waals surface area contributed by atoms with E-state index in [4.69, 9.17) is 25.2 Å². The van der Waals surface area contributed by atoms with Crippen LogP contribution in [0.1, 0.15) is 84.0 Å². The maximum absolute atomic E-state index is 10.5. The van der Waals surface area contributed by atoms with E-state index in [2.05, 4.69) is 13.0 Å². The summed E-state index contributed by atoms with van der Waals surface area (Å²) in [4.78, 5) is 10.5. The molecule has 0 fully saturated rings. The molecule has 6 heteroatoms. The highest BCUT2D eigenvalue weighted by Crippen LogP contribution is 2.26. The zero-order valence-corrected chi connectivity index (χ0v) is 17.9. The third-order valence-electron chi connectivity index (χ3n) is 4.48. The first-order valence-corrected chi connectivity index (χ1v) is 10.9. The van der Waals surface area contributed by atoms with Crippen LogP contribution in [0.15, 0.2) is 35.8 Å². The van der Waals surface area contributed by atoms with Crippen LogP contribution in [0.25, 0.3) is 0 Å². The predicted octanol–water partition coefficient (Wildman–Crippen LogP) is 4.46. The second-order valence-electron chi connectivity index (χ2n) is 7.23. The molecule has 4 N–H and O–H groups in total. The Morgan fingerprint density at radius 1 is 0.897 bits per heavy atom. The smallest absolute Gasteiger partial charge is 0.375 e. The number of carboxylic acid groups (broad SMARTS) is 1. The van der Waals surface area contributed by atoms with Crippen molar-refractivity contribution in [2.24, 2.45) is 0 Å². The lowest BCUT2D eigenvalue weighted by Gasteiger charge is -2.01. The van der Waals surface area contributed by atoms with E-state index in [0.717, 1.165) is 6.42 Å². The fraction of sp³-hybridized carbons (Fsp3) is 0.696. The zero-order valence-electron chi connectivity index (χ0n) is 17.9. The van der Waals surface area contributed by atoms with Crippen molar-refractivity contribution in [3.63, 3.8) is 0 Å². The third kappa shape index (κ3) is 18.2. The molecule has 0 bridgehead atoms. The molecule has 0 aromatic carbocycles. The van der Waals surface area contributed by atoms with Crippen molar-refractivity contribution in [1.82, 2.24) is 0 Å². The summed E-state index contributed by atoms with van der Waals surface area (Å²) in [7, 11) is 0. The van der Waals surface area contributed by atoms with Crippen LogP contribution in [0.2, 0.25) is 0 Å². The lowest BCUT2D eigenvalue weighted by atomic mass is 10.1. The molecule has 0 radical (unpaired) electrons. The molecule has 1 aliphatic heterocycles. The van der Waals surface area contributed by atoms with Crippen molar-refractivity contribution < 1.29 is 30.0 Å². The second kappa shape index (κ2) is 19.7. The number of carboxylic acids is 1. The number of rotatable bonds is 17. The molecule has 1 rings (SSSR count). The number of unbranched alkanes of at least 4 members (excludes halogenated alkanes) is 11. The average molecular weight is 413 g/mol. The molecule has 0 aromatic heterocycles. The summed E-state index contributed by atoms with van der Waals surface area (Å²) in [6, 6.07) is 0. The van der Waals surface area contributed by atoms with Gasteiger partial charge in [-0.25, -0.2) is 4.79 Å². The van der Waals surface area contributed by atoms with E-state index >= 15 is 0 Å². The van der Waals surface area contributed by atoms with Crippen LogP contribution in [0.3, 0.4) is 0 Å². The largest absolute Gasteiger partial charge is 0.475 e. The van der Waals surface area contributed by atoms with E-state index in [9.17, 15) is 4.79 Å². The van der Waals surface area contributed by atoms with Crippen LogP contribution in [-0.2, 0) is 9.53 Å². The molecule has 0 amide bonds. The lowest BCUT2D eigenvalue weighted by Crippen LogP contribution is -2.15. The fourth-order valence-corrected chi connectivity index (χ4v) is 2.65. The molecule has 1 aliphatic rings. The van der Waals surface area contributed by atoms with Gasteiger partial charge in [-0.15, -0.1) is 0 Å². The summed E-state index contributed by atoms with van der Waals surface area (Å²) in [6.07, 6.45) is 22.8. The highest BCUT2D eigenvalue weighted by molar-refractivity contribution is 5.89. The predicted molar refractivity (Wildman–Crippen MR) is 115 cm³/mol. The first-order valence-electron chi connectivity index (χ1n) is 10.9. The molecule has 0 saturated carbocycles. The molecule has 168 valence electrons. The summed E-state index contributed by atoms with van der Waals surface area (Å²) >= 11 is 0. The number of aliphatic carboxylic acids is 1. The maximum Gasteiger partial charge on any atom is 0.375 e. The monoisotopic (exact) mass is 412 g/mol. The quantitative estimate of drug-likeness (QED) is 0.207. The van der Waals surface area contributed by atoms with Crippen molar-refractivity contribution >= 4 is 5.97 Å². The number of aliphatic hydroxyl groups excluding tert-OH is 3. The third-order valence-corrected chi connectivity index (χ3v) is 4.48. The van der Waals surface area contributed by atoms with Gasteiger partial charge in [-0.3, -0.25) is 0 Å². The number of ether oxygens (including phenoxy) is 1. The molecule has 0 unspecified atom stereocenters. The topological polar surface area (TPSA) is 111 Å². The van der Waals surface area contributed by atoms with Gasteiger partial charge in [0, 0.05) is 0 Å². The van der Waals surface area contributed by atoms with Crippen LogP contribution in [0.5, 0.6) is 0 Å². The van der Waals surface area contributed by atoms with Gasteiger partial charge in [0.05, 0.1) is 13.2 Å².